The van der Waals surface area contributed by atoms with E-state index in [4.69, 9.17) is 0 Å². The van der Waals surface area contributed by atoms with Gasteiger partial charge in [0.15, 0.2) is 0 Å². The van der Waals surface area contributed by atoms with Crippen LogP contribution < -0.4 is 5.32 Å². The fourth-order valence-corrected chi connectivity index (χ4v) is 2.12. The molecule has 0 aromatic carbocycles. The zero-order valence-corrected chi connectivity index (χ0v) is 6.61. The Bertz CT molecular complexity index is 170. The number of rotatable bonds is 0. The molecular formula is C9H15N. The molecule has 2 aliphatic rings. The van der Waals surface area contributed by atoms with Crippen LogP contribution in [0, 0.1) is 5.92 Å². The molecule has 0 saturated carbocycles. The predicted octanol–water partition coefficient (Wildman–Crippen LogP) is 1.71. The fourth-order valence-electron chi connectivity index (χ4n) is 2.12. The molecule has 1 aliphatic carbocycles. The summed E-state index contributed by atoms with van der Waals surface area (Å²) in [5.41, 5.74) is 3.50. The maximum Gasteiger partial charge on any atom is 0.0170 e. The second kappa shape index (κ2) is 2.39. The van der Waals surface area contributed by atoms with E-state index in [-0.39, 0.29) is 0 Å². The van der Waals surface area contributed by atoms with Crippen LogP contribution in [0.4, 0.5) is 0 Å². The Morgan fingerprint density at radius 2 is 2.30 bits per heavy atom. The number of nitrogens with one attached hydrogen (secondary N) is 1. The standard InChI is InChI=1S/C9H15N/c1-7-2-3-8-4-5-10-6-9(7)8/h7,10H,2-6H2,1H3. The minimum Gasteiger partial charge on any atom is -0.313 e. The van der Waals surface area contributed by atoms with Crippen molar-refractivity contribution in [2.24, 2.45) is 5.92 Å². The van der Waals surface area contributed by atoms with E-state index in [1.54, 1.807) is 11.1 Å². The highest BCUT2D eigenvalue weighted by Gasteiger charge is 2.22. The first-order chi connectivity index (χ1) is 4.88. The van der Waals surface area contributed by atoms with Crippen molar-refractivity contribution in [1.82, 2.24) is 5.32 Å². The molecule has 2 rings (SSSR count). The Hall–Kier alpha value is -0.300. The van der Waals surface area contributed by atoms with Gasteiger partial charge in [-0.25, -0.2) is 0 Å². The molecule has 1 atom stereocenters. The molecule has 56 valence electrons. The highest BCUT2D eigenvalue weighted by atomic mass is 14.9. The average molecular weight is 137 g/mol. The third-order valence-electron chi connectivity index (χ3n) is 2.85. The second-order valence-corrected chi connectivity index (χ2v) is 3.50. The maximum absolute atomic E-state index is 3.43. The van der Waals surface area contributed by atoms with E-state index >= 15 is 0 Å². The van der Waals surface area contributed by atoms with E-state index in [0.717, 1.165) is 5.92 Å². The van der Waals surface area contributed by atoms with Crippen molar-refractivity contribution >= 4 is 0 Å². The molecule has 0 aromatic rings. The van der Waals surface area contributed by atoms with Crippen LogP contribution in [-0.2, 0) is 0 Å². The topological polar surface area (TPSA) is 12.0 Å². The van der Waals surface area contributed by atoms with Gasteiger partial charge in [0.1, 0.15) is 0 Å². The normalized spacial score (nSPS) is 32.7. The SMILES string of the molecule is CC1CCC2=C1CNCC2. The summed E-state index contributed by atoms with van der Waals surface area (Å²) in [6.07, 6.45) is 4.12. The van der Waals surface area contributed by atoms with Gasteiger partial charge in [-0.2, -0.15) is 0 Å². The van der Waals surface area contributed by atoms with Crippen LogP contribution in [0.3, 0.4) is 0 Å². The lowest BCUT2D eigenvalue weighted by molar-refractivity contribution is 0.620. The molecule has 1 heteroatoms. The van der Waals surface area contributed by atoms with Crippen molar-refractivity contribution in [1.29, 1.82) is 0 Å². The van der Waals surface area contributed by atoms with E-state index in [9.17, 15) is 0 Å². The Labute approximate surface area is 62.5 Å². The summed E-state index contributed by atoms with van der Waals surface area (Å²) in [5.74, 6) is 0.878. The first-order valence-electron chi connectivity index (χ1n) is 4.29. The zero-order chi connectivity index (χ0) is 6.97. The molecule has 1 N–H and O–H groups in total. The van der Waals surface area contributed by atoms with E-state index in [0.29, 0.717) is 0 Å². The van der Waals surface area contributed by atoms with Crippen molar-refractivity contribution in [2.75, 3.05) is 13.1 Å². The molecule has 0 aromatic heterocycles. The van der Waals surface area contributed by atoms with Crippen molar-refractivity contribution in [3.8, 4) is 0 Å². The van der Waals surface area contributed by atoms with Gasteiger partial charge in [-0.15, -0.1) is 0 Å². The Morgan fingerprint density at radius 3 is 3.10 bits per heavy atom. The molecule has 1 aliphatic heterocycles. The van der Waals surface area contributed by atoms with Gasteiger partial charge in [0.05, 0.1) is 0 Å². The number of hydrogen-bond acceptors (Lipinski definition) is 1. The summed E-state index contributed by atoms with van der Waals surface area (Å²) in [6, 6.07) is 0. The third kappa shape index (κ3) is 0.891. The van der Waals surface area contributed by atoms with Gasteiger partial charge in [-0.3, -0.25) is 0 Å². The van der Waals surface area contributed by atoms with Gasteiger partial charge in [0.2, 0.25) is 0 Å². The van der Waals surface area contributed by atoms with E-state index in [1.807, 2.05) is 0 Å². The molecule has 0 bridgehead atoms. The Morgan fingerprint density at radius 1 is 1.40 bits per heavy atom. The summed E-state index contributed by atoms with van der Waals surface area (Å²) in [5, 5.41) is 3.43. The van der Waals surface area contributed by atoms with Gasteiger partial charge < -0.3 is 5.32 Å². The van der Waals surface area contributed by atoms with Crippen LogP contribution in [0.1, 0.15) is 26.2 Å². The van der Waals surface area contributed by atoms with E-state index in [1.165, 1.54) is 32.4 Å². The van der Waals surface area contributed by atoms with Crippen LogP contribution >= 0.6 is 0 Å². The lowest BCUT2D eigenvalue weighted by atomic mass is 10.00. The highest BCUT2D eigenvalue weighted by molar-refractivity contribution is 5.25. The lowest BCUT2D eigenvalue weighted by Crippen LogP contribution is -2.24. The van der Waals surface area contributed by atoms with Crippen molar-refractivity contribution in [3.63, 3.8) is 0 Å². The molecule has 0 saturated heterocycles. The van der Waals surface area contributed by atoms with Gasteiger partial charge in [-0.05, 0) is 31.7 Å². The summed E-state index contributed by atoms with van der Waals surface area (Å²) in [7, 11) is 0. The van der Waals surface area contributed by atoms with Crippen LogP contribution in [0.15, 0.2) is 11.1 Å². The first kappa shape index (κ1) is 6.41. The van der Waals surface area contributed by atoms with E-state index < -0.39 is 0 Å². The summed E-state index contributed by atoms with van der Waals surface area (Å²) >= 11 is 0. The van der Waals surface area contributed by atoms with Crippen LogP contribution in [-0.4, -0.2) is 13.1 Å². The summed E-state index contributed by atoms with van der Waals surface area (Å²) in [6.45, 7) is 4.75. The summed E-state index contributed by atoms with van der Waals surface area (Å²) < 4.78 is 0. The quantitative estimate of drug-likeness (QED) is 0.501. The lowest BCUT2D eigenvalue weighted by Gasteiger charge is -2.17. The molecule has 0 amide bonds. The monoisotopic (exact) mass is 137 g/mol. The van der Waals surface area contributed by atoms with Gasteiger partial charge >= 0.3 is 0 Å². The average Bonchev–Trinajstić information content (AvgIpc) is 2.34. The number of hydrogen-bond donors (Lipinski definition) is 1. The van der Waals surface area contributed by atoms with Gasteiger partial charge in [-0.1, -0.05) is 18.1 Å². The van der Waals surface area contributed by atoms with Crippen LogP contribution in [0.25, 0.3) is 0 Å². The molecule has 1 nitrogen and oxygen atoms in total. The molecular weight excluding hydrogens is 122 g/mol. The zero-order valence-electron chi connectivity index (χ0n) is 6.61. The fraction of sp³-hybridized carbons (Fsp3) is 0.778. The minimum atomic E-state index is 0.878. The largest absolute Gasteiger partial charge is 0.313 e. The maximum atomic E-state index is 3.43. The van der Waals surface area contributed by atoms with Crippen LogP contribution in [0.2, 0.25) is 0 Å². The molecule has 0 radical (unpaired) electrons. The van der Waals surface area contributed by atoms with Crippen molar-refractivity contribution in [3.05, 3.63) is 11.1 Å². The van der Waals surface area contributed by atoms with Crippen molar-refractivity contribution in [2.45, 2.75) is 26.2 Å². The first-order valence-corrected chi connectivity index (χ1v) is 4.29. The second-order valence-electron chi connectivity index (χ2n) is 3.50. The minimum absolute atomic E-state index is 0.878. The predicted molar refractivity (Wildman–Crippen MR) is 42.9 cm³/mol. The molecule has 0 spiro atoms. The Balaban J connectivity index is 2.20. The van der Waals surface area contributed by atoms with E-state index in [2.05, 4.69) is 12.2 Å². The van der Waals surface area contributed by atoms with Gasteiger partial charge in [0.25, 0.3) is 0 Å². The Kier molecular flexibility index (Phi) is 1.53. The molecule has 10 heavy (non-hydrogen) atoms. The molecule has 0 fully saturated rings. The van der Waals surface area contributed by atoms with Crippen molar-refractivity contribution < 1.29 is 0 Å². The third-order valence-corrected chi connectivity index (χ3v) is 2.85. The smallest absolute Gasteiger partial charge is 0.0170 e. The molecule has 1 unspecified atom stereocenters. The summed E-state index contributed by atoms with van der Waals surface area (Å²) in [4.78, 5) is 0. The van der Waals surface area contributed by atoms with Gasteiger partial charge in [0, 0.05) is 6.54 Å². The molecule has 1 heterocycles. The van der Waals surface area contributed by atoms with Crippen LogP contribution in [0.5, 0.6) is 0 Å². The highest BCUT2D eigenvalue weighted by Crippen LogP contribution is 2.34.